The third kappa shape index (κ3) is 4.50. The van der Waals surface area contributed by atoms with Gasteiger partial charge in [0.1, 0.15) is 0 Å². The Hall–Kier alpha value is -2.19. The number of amides is 1. The minimum Gasteiger partial charge on any atom is -0.351 e. The van der Waals surface area contributed by atoms with Crippen LogP contribution < -0.4 is 0 Å². The van der Waals surface area contributed by atoms with Crippen LogP contribution in [0.25, 0.3) is 0 Å². The van der Waals surface area contributed by atoms with E-state index in [0.29, 0.717) is 31.5 Å². The zero-order chi connectivity index (χ0) is 18.4. The predicted molar refractivity (Wildman–Crippen MR) is 95.7 cm³/mol. The van der Waals surface area contributed by atoms with Gasteiger partial charge in [0.2, 0.25) is 0 Å². The van der Waals surface area contributed by atoms with Gasteiger partial charge in [-0.05, 0) is 38.8 Å². The first-order chi connectivity index (χ1) is 12.7. The maximum atomic E-state index is 12.7. The number of carbonyl (C=O) groups excluding carboxylic acids is 1. The zero-order valence-corrected chi connectivity index (χ0v) is 15.5. The molecule has 0 bridgehead atoms. The van der Waals surface area contributed by atoms with Gasteiger partial charge in [-0.15, -0.1) is 5.10 Å². The number of hydrogen-bond donors (Lipinski definition) is 0. The van der Waals surface area contributed by atoms with Crippen molar-refractivity contribution in [3.05, 3.63) is 36.4 Å². The minimum absolute atomic E-state index is 0.0634. The van der Waals surface area contributed by atoms with Gasteiger partial charge in [-0.1, -0.05) is 5.21 Å². The fraction of sp³-hybridized carbons (Fsp3) is 0.611. The van der Waals surface area contributed by atoms with Crippen LogP contribution >= 0.6 is 0 Å². The van der Waals surface area contributed by atoms with E-state index in [1.54, 1.807) is 10.9 Å². The molecule has 0 aromatic carbocycles. The minimum atomic E-state index is -0.382. The summed E-state index contributed by atoms with van der Waals surface area (Å²) < 4.78 is 14.9. The Morgan fingerprint density at radius 1 is 1.19 bits per heavy atom. The standard InChI is InChI=1S/C18H27N5O3/c1-3-25-17(26-4-2)14-23-13-16(19-20-23)18(24)22-11-7-15(8-12-22)21-9-5-6-10-21/h5-6,9-10,13,15,17H,3-4,7-8,11-12,14H2,1-2H3. The van der Waals surface area contributed by atoms with Gasteiger partial charge in [0.15, 0.2) is 12.0 Å². The molecule has 26 heavy (non-hydrogen) atoms. The van der Waals surface area contributed by atoms with Gasteiger partial charge in [-0.2, -0.15) is 0 Å². The maximum absolute atomic E-state index is 12.7. The first-order valence-corrected chi connectivity index (χ1v) is 9.26. The second-order valence-corrected chi connectivity index (χ2v) is 6.32. The van der Waals surface area contributed by atoms with Gasteiger partial charge in [0, 0.05) is 44.7 Å². The average Bonchev–Trinajstić information content (AvgIpc) is 3.34. The van der Waals surface area contributed by atoms with Gasteiger partial charge in [0.25, 0.3) is 5.91 Å². The monoisotopic (exact) mass is 361 g/mol. The van der Waals surface area contributed by atoms with Crippen LogP contribution in [0, 0.1) is 0 Å². The number of likely N-dealkylation sites (tertiary alicyclic amines) is 1. The van der Waals surface area contributed by atoms with Crippen molar-refractivity contribution in [3.63, 3.8) is 0 Å². The molecule has 8 nitrogen and oxygen atoms in total. The first-order valence-electron chi connectivity index (χ1n) is 9.26. The van der Waals surface area contributed by atoms with Crippen molar-refractivity contribution in [2.24, 2.45) is 0 Å². The van der Waals surface area contributed by atoms with Crippen LogP contribution in [-0.4, -0.2) is 63.0 Å². The van der Waals surface area contributed by atoms with Gasteiger partial charge < -0.3 is 18.9 Å². The molecule has 0 radical (unpaired) electrons. The zero-order valence-electron chi connectivity index (χ0n) is 15.5. The summed E-state index contributed by atoms with van der Waals surface area (Å²) in [4.78, 5) is 14.5. The number of carbonyl (C=O) groups is 1. The predicted octanol–water partition coefficient (Wildman–Crippen LogP) is 1.96. The molecule has 142 valence electrons. The van der Waals surface area contributed by atoms with E-state index in [4.69, 9.17) is 9.47 Å². The van der Waals surface area contributed by atoms with E-state index in [1.165, 1.54) is 0 Å². The van der Waals surface area contributed by atoms with Gasteiger partial charge >= 0.3 is 0 Å². The molecule has 1 aliphatic rings. The van der Waals surface area contributed by atoms with Crippen LogP contribution in [0.5, 0.6) is 0 Å². The summed E-state index contributed by atoms with van der Waals surface area (Å²) in [6, 6.07) is 4.53. The second kappa shape index (κ2) is 8.95. The number of ether oxygens (including phenoxy) is 2. The van der Waals surface area contributed by atoms with Crippen molar-refractivity contribution < 1.29 is 14.3 Å². The molecule has 1 fully saturated rings. The Bertz CT molecular complexity index is 671. The first kappa shape index (κ1) is 18.6. The lowest BCUT2D eigenvalue weighted by Crippen LogP contribution is -2.39. The summed E-state index contributed by atoms with van der Waals surface area (Å²) in [5, 5.41) is 8.09. The molecule has 2 aromatic heterocycles. The maximum Gasteiger partial charge on any atom is 0.276 e. The number of rotatable bonds is 8. The molecule has 0 atom stereocenters. The molecule has 0 N–H and O–H groups in total. The quantitative estimate of drug-likeness (QED) is 0.672. The Morgan fingerprint density at radius 3 is 2.46 bits per heavy atom. The number of hydrogen-bond acceptors (Lipinski definition) is 5. The molecule has 0 aliphatic carbocycles. The van der Waals surface area contributed by atoms with Crippen molar-refractivity contribution in [1.82, 2.24) is 24.5 Å². The van der Waals surface area contributed by atoms with Crippen LogP contribution in [0.4, 0.5) is 0 Å². The van der Waals surface area contributed by atoms with Gasteiger partial charge in [-0.3, -0.25) is 4.79 Å². The Balaban J connectivity index is 1.55. The molecule has 0 saturated carbocycles. The lowest BCUT2D eigenvalue weighted by atomic mass is 10.0. The number of nitrogens with zero attached hydrogens (tertiary/aromatic N) is 5. The molecular weight excluding hydrogens is 334 g/mol. The molecular formula is C18H27N5O3. The van der Waals surface area contributed by atoms with Crippen LogP contribution in [-0.2, 0) is 16.0 Å². The lowest BCUT2D eigenvalue weighted by Gasteiger charge is -2.32. The fourth-order valence-corrected chi connectivity index (χ4v) is 3.28. The van der Waals surface area contributed by atoms with Crippen molar-refractivity contribution in [3.8, 4) is 0 Å². The van der Waals surface area contributed by atoms with Crippen LogP contribution in [0.2, 0.25) is 0 Å². The summed E-state index contributed by atoms with van der Waals surface area (Å²) in [5.74, 6) is -0.0634. The highest BCUT2D eigenvalue weighted by Gasteiger charge is 2.26. The largest absolute Gasteiger partial charge is 0.351 e. The summed E-state index contributed by atoms with van der Waals surface area (Å²) >= 11 is 0. The highest BCUT2D eigenvalue weighted by molar-refractivity contribution is 5.91. The molecule has 0 unspecified atom stereocenters. The van der Waals surface area contributed by atoms with Gasteiger partial charge in [0.05, 0.1) is 12.7 Å². The summed E-state index contributed by atoms with van der Waals surface area (Å²) in [5.41, 5.74) is 0.371. The summed E-state index contributed by atoms with van der Waals surface area (Å²) in [7, 11) is 0. The molecule has 0 spiro atoms. The van der Waals surface area contributed by atoms with Crippen molar-refractivity contribution in [2.75, 3.05) is 26.3 Å². The summed E-state index contributed by atoms with van der Waals surface area (Å²) in [6.45, 7) is 6.82. The molecule has 8 heteroatoms. The van der Waals surface area contributed by atoms with Crippen LogP contribution in [0.1, 0.15) is 43.2 Å². The molecule has 1 aliphatic heterocycles. The normalized spacial score (nSPS) is 15.7. The summed E-state index contributed by atoms with van der Waals surface area (Å²) in [6.07, 6.45) is 7.36. The third-order valence-electron chi connectivity index (χ3n) is 4.60. The van der Waals surface area contributed by atoms with E-state index >= 15 is 0 Å². The highest BCUT2D eigenvalue weighted by Crippen LogP contribution is 2.23. The topological polar surface area (TPSA) is 74.4 Å². The SMILES string of the molecule is CCOC(Cn1cc(C(=O)N2CCC(n3cccc3)CC2)nn1)OCC. The second-order valence-electron chi connectivity index (χ2n) is 6.32. The van der Waals surface area contributed by atoms with Crippen molar-refractivity contribution in [2.45, 2.75) is 45.6 Å². The van der Waals surface area contributed by atoms with Crippen LogP contribution in [0.3, 0.4) is 0 Å². The molecule has 2 aromatic rings. The lowest BCUT2D eigenvalue weighted by molar-refractivity contribution is -0.145. The van der Waals surface area contributed by atoms with Gasteiger partial charge in [-0.25, -0.2) is 4.68 Å². The highest BCUT2D eigenvalue weighted by atomic mass is 16.7. The molecule has 1 amide bonds. The molecule has 3 rings (SSSR count). The Morgan fingerprint density at radius 2 is 1.85 bits per heavy atom. The smallest absolute Gasteiger partial charge is 0.276 e. The number of aromatic nitrogens is 4. The van der Waals surface area contributed by atoms with Crippen molar-refractivity contribution >= 4 is 5.91 Å². The average molecular weight is 361 g/mol. The van der Waals surface area contributed by atoms with Crippen molar-refractivity contribution in [1.29, 1.82) is 0 Å². The van der Waals surface area contributed by atoms with E-state index in [0.717, 1.165) is 25.9 Å². The molecule has 3 heterocycles. The van der Waals surface area contributed by atoms with E-state index in [9.17, 15) is 4.79 Å². The number of piperidine rings is 1. The van der Waals surface area contributed by atoms with E-state index in [1.807, 2.05) is 30.9 Å². The Labute approximate surface area is 153 Å². The van der Waals surface area contributed by atoms with Crippen LogP contribution in [0.15, 0.2) is 30.7 Å². The third-order valence-corrected chi connectivity index (χ3v) is 4.60. The van der Waals surface area contributed by atoms with E-state index in [-0.39, 0.29) is 12.2 Å². The van der Waals surface area contributed by atoms with E-state index in [2.05, 4.69) is 27.3 Å². The Kier molecular flexibility index (Phi) is 6.40. The van der Waals surface area contributed by atoms with E-state index < -0.39 is 0 Å². The molecule has 1 saturated heterocycles. The fourth-order valence-electron chi connectivity index (χ4n) is 3.28.